The third kappa shape index (κ3) is 6.81. The molecule has 4 aromatic rings. The predicted octanol–water partition coefficient (Wildman–Crippen LogP) is 3.96. The second-order valence-corrected chi connectivity index (χ2v) is 11.8. The van der Waals surface area contributed by atoms with E-state index in [1.54, 1.807) is 29.2 Å². The molecule has 0 saturated carbocycles. The molecule has 1 atom stereocenters. The van der Waals surface area contributed by atoms with Gasteiger partial charge in [0.1, 0.15) is 17.4 Å². The number of phenols is 1. The van der Waals surface area contributed by atoms with Gasteiger partial charge in [0.15, 0.2) is 11.2 Å². The van der Waals surface area contributed by atoms with Crippen LogP contribution in [0.3, 0.4) is 0 Å². The molecule has 2 saturated heterocycles. The second kappa shape index (κ2) is 13.0. The lowest BCUT2D eigenvalue weighted by Gasteiger charge is -2.38. The number of hydrogen-bond acceptors (Lipinski definition) is 7. The number of fused-ring (bicyclic) bond motifs is 1. The van der Waals surface area contributed by atoms with Gasteiger partial charge in [-0.15, -0.1) is 0 Å². The monoisotopic (exact) mass is 628 g/mol. The zero-order valence-electron chi connectivity index (χ0n) is 24.6. The van der Waals surface area contributed by atoms with Crippen molar-refractivity contribution >= 4 is 46.0 Å². The summed E-state index contributed by atoms with van der Waals surface area (Å²) >= 11 is 6.07. The summed E-state index contributed by atoms with van der Waals surface area (Å²) in [6, 6.07) is 19.3. The highest BCUT2D eigenvalue weighted by Crippen LogP contribution is 2.26. The molecule has 0 spiro atoms. The fourth-order valence-corrected chi connectivity index (χ4v) is 6.09. The van der Waals surface area contributed by atoms with E-state index >= 15 is 0 Å². The number of nitrogens with zero attached hydrogens (tertiary/aromatic N) is 3. The summed E-state index contributed by atoms with van der Waals surface area (Å²) in [7, 11) is 0. The van der Waals surface area contributed by atoms with Crippen molar-refractivity contribution in [1.82, 2.24) is 15.1 Å². The quantitative estimate of drug-likeness (QED) is 0.303. The van der Waals surface area contributed by atoms with Crippen molar-refractivity contribution in [3.8, 4) is 5.75 Å². The van der Waals surface area contributed by atoms with Crippen molar-refractivity contribution in [3.63, 3.8) is 0 Å². The van der Waals surface area contributed by atoms with E-state index in [9.17, 15) is 24.3 Å². The van der Waals surface area contributed by atoms with Gasteiger partial charge >= 0.3 is 0 Å². The SMILES string of the molecule is O=C(N[C@H](Cc1ccc(Cl)cc1)C(=O)N1CCN(c2ccccc2CN2CCCC2=O)CC1)c1cc(=O)c2ccc(O)cc2o1. The van der Waals surface area contributed by atoms with Crippen LogP contribution in [0.15, 0.2) is 82.0 Å². The number of carbonyl (C=O) groups is 3. The Balaban J connectivity index is 1.18. The summed E-state index contributed by atoms with van der Waals surface area (Å²) in [6.07, 6.45) is 1.67. The maximum Gasteiger partial charge on any atom is 0.287 e. The molecule has 3 heterocycles. The molecule has 0 unspecified atom stereocenters. The average Bonchev–Trinajstić information content (AvgIpc) is 3.45. The number of aromatic hydroxyl groups is 1. The van der Waals surface area contributed by atoms with E-state index in [0.717, 1.165) is 35.8 Å². The van der Waals surface area contributed by atoms with Crippen molar-refractivity contribution in [2.24, 2.45) is 0 Å². The molecule has 3 amide bonds. The lowest BCUT2D eigenvalue weighted by Crippen LogP contribution is -2.55. The van der Waals surface area contributed by atoms with Crippen LogP contribution in [0.1, 0.15) is 34.5 Å². The van der Waals surface area contributed by atoms with Gasteiger partial charge in [0.2, 0.25) is 11.8 Å². The number of amides is 3. The number of piperazine rings is 1. The Labute approximate surface area is 264 Å². The number of halogens is 1. The minimum absolute atomic E-state index is 0.0683. The number of phenolic OH excluding ortho intramolecular Hbond substituents is 1. The van der Waals surface area contributed by atoms with E-state index < -0.39 is 17.4 Å². The van der Waals surface area contributed by atoms with E-state index in [1.807, 2.05) is 29.2 Å². The van der Waals surface area contributed by atoms with E-state index in [1.165, 1.54) is 18.2 Å². The van der Waals surface area contributed by atoms with Crippen LogP contribution in [0.4, 0.5) is 5.69 Å². The summed E-state index contributed by atoms with van der Waals surface area (Å²) < 4.78 is 5.66. The van der Waals surface area contributed by atoms with Crippen molar-refractivity contribution in [2.75, 3.05) is 37.6 Å². The molecule has 0 radical (unpaired) electrons. The van der Waals surface area contributed by atoms with Crippen molar-refractivity contribution < 1.29 is 23.9 Å². The number of carbonyl (C=O) groups excluding carboxylic acids is 3. The molecule has 6 rings (SSSR count). The lowest BCUT2D eigenvalue weighted by atomic mass is 10.0. The molecular formula is C34H33ClN4O6. The predicted molar refractivity (Wildman–Crippen MR) is 170 cm³/mol. The number of likely N-dealkylation sites (tertiary alicyclic amines) is 1. The molecule has 2 fully saturated rings. The fourth-order valence-electron chi connectivity index (χ4n) is 5.96. The van der Waals surface area contributed by atoms with Crippen LogP contribution in [-0.4, -0.2) is 71.4 Å². The number of nitrogens with one attached hydrogen (secondary N) is 1. The normalized spacial score (nSPS) is 15.8. The largest absolute Gasteiger partial charge is 0.508 e. The molecule has 45 heavy (non-hydrogen) atoms. The highest BCUT2D eigenvalue weighted by atomic mass is 35.5. The van der Waals surface area contributed by atoms with Gasteiger partial charge in [-0.2, -0.15) is 0 Å². The first-order chi connectivity index (χ1) is 21.7. The Morgan fingerprint density at radius 1 is 0.933 bits per heavy atom. The van der Waals surface area contributed by atoms with Gasteiger partial charge in [-0.3, -0.25) is 19.2 Å². The Morgan fingerprint density at radius 3 is 2.42 bits per heavy atom. The van der Waals surface area contributed by atoms with Gasteiger partial charge in [-0.1, -0.05) is 41.9 Å². The van der Waals surface area contributed by atoms with Crippen LogP contribution >= 0.6 is 11.6 Å². The standard InChI is InChI=1S/C34H33ClN4O6/c35-24-9-7-22(8-10-24)18-27(36-33(43)31-20-29(41)26-12-11-25(40)19-30(26)45-31)34(44)38-16-14-37(15-17-38)28-5-2-1-4-23(28)21-39-13-3-6-32(39)42/h1-2,4-5,7-12,19-20,27,40H,3,6,13-18,21H2,(H,36,43)/t27-/m1/s1. The Morgan fingerprint density at radius 2 is 1.69 bits per heavy atom. The van der Waals surface area contributed by atoms with Crippen molar-refractivity contribution in [3.05, 3.63) is 105 Å². The molecule has 232 valence electrons. The molecule has 0 aliphatic carbocycles. The van der Waals surface area contributed by atoms with E-state index in [0.29, 0.717) is 44.2 Å². The summed E-state index contributed by atoms with van der Waals surface area (Å²) in [5.41, 5.74) is 2.55. The summed E-state index contributed by atoms with van der Waals surface area (Å²) in [6.45, 7) is 3.37. The Kier molecular flexibility index (Phi) is 8.75. The van der Waals surface area contributed by atoms with Gasteiger partial charge in [0.05, 0.1) is 5.39 Å². The zero-order chi connectivity index (χ0) is 31.5. The number of benzene rings is 3. The second-order valence-electron chi connectivity index (χ2n) is 11.4. The summed E-state index contributed by atoms with van der Waals surface area (Å²) in [4.78, 5) is 58.1. The van der Waals surface area contributed by atoms with Gasteiger partial charge in [0, 0.05) is 75.0 Å². The average molecular weight is 629 g/mol. The number of hydrogen-bond donors (Lipinski definition) is 2. The molecular weight excluding hydrogens is 596 g/mol. The fraction of sp³-hybridized carbons (Fsp3) is 0.294. The van der Waals surface area contributed by atoms with E-state index in [-0.39, 0.29) is 40.7 Å². The smallest absolute Gasteiger partial charge is 0.287 e. The van der Waals surface area contributed by atoms with Crippen LogP contribution in [0, 0.1) is 0 Å². The van der Waals surface area contributed by atoms with Crippen LogP contribution < -0.4 is 15.6 Å². The topological polar surface area (TPSA) is 123 Å². The third-order valence-corrected chi connectivity index (χ3v) is 8.60. The van der Waals surface area contributed by atoms with Gasteiger partial charge in [0.25, 0.3) is 5.91 Å². The number of rotatable bonds is 8. The third-order valence-electron chi connectivity index (χ3n) is 8.35. The number of anilines is 1. The molecule has 2 N–H and O–H groups in total. The highest BCUT2D eigenvalue weighted by Gasteiger charge is 2.31. The Hall–Kier alpha value is -4.83. The molecule has 11 heteroatoms. The van der Waals surface area contributed by atoms with E-state index in [4.69, 9.17) is 16.0 Å². The number of para-hydroxylation sites is 1. The summed E-state index contributed by atoms with van der Waals surface area (Å²) in [5.74, 6) is -1.16. The van der Waals surface area contributed by atoms with Gasteiger partial charge in [-0.25, -0.2) is 0 Å². The maximum absolute atomic E-state index is 13.9. The maximum atomic E-state index is 13.9. The minimum Gasteiger partial charge on any atom is -0.508 e. The molecule has 10 nitrogen and oxygen atoms in total. The highest BCUT2D eigenvalue weighted by molar-refractivity contribution is 6.30. The molecule has 2 aliphatic heterocycles. The van der Waals surface area contributed by atoms with Gasteiger partial charge < -0.3 is 29.5 Å². The van der Waals surface area contributed by atoms with Gasteiger partial charge in [-0.05, 0) is 47.9 Å². The minimum atomic E-state index is -0.941. The zero-order valence-corrected chi connectivity index (χ0v) is 25.3. The molecule has 2 aliphatic rings. The molecule has 3 aromatic carbocycles. The van der Waals surface area contributed by atoms with Crippen LogP contribution in [0.2, 0.25) is 5.02 Å². The molecule has 0 bridgehead atoms. The summed E-state index contributed by atoms with van der Waals surface area (Å²) in [5, 5.41) is 13.4. The lowest BCUT2D eigenvalue weighted by molar-refractivity contribution is -0.133. The van der Waals surface area contributed by atoms with Crippen molar-refractivity contribution in [2.45, 2.75) is 31.8 Å². The van der Waals surface area contributed by atoms with Crippen LogP contribution in [0.5, 0.6) is 5.75 Å². The van der Waals surface area contributed by atoms with Crippen LogP contribution in [-0.2, 0) is 22.6 Å². The van der Waals surface area contributed by atoms with Crippen LogP contribution in [0.25, 0.3) is 11.0 Å². The Bertz CT molecular complexity index is 1800. The first kappa shape index (κ1) is 30.2. The van der Waals surface area contributed by atoms with E-state index in [2.05, 4.69) is 10.2 Å². The molecule has 1 aromatic heterocycles. The first-order valence-corrected chi connectivity index (χ1v) is 15.3. The first-order valence-electron chi connectivity index (χ1n) is 15.0. The van der Waals surface area contributed by atoms with Crippen molar-refractivity contribution in [1.29, 1.82) is 0 Å².